The molecule has 0 aromatic heterocycles. The van der Waals surface area contributed by atoms with E-state index in [1.54, 1.807) is 31.2 Å². The number of nitrogens with zero attached hydrogens (tertiary/aromatic N) is 1. The van der Waals surface area contributed by atoms with E-state index in [-0.39, 0.29) is 24.5 Å². The highest BCUT2D eigenvalue weighted by atomic mass is 16.5. The predicted molar refractivity (Wildman–Crippen MR) is 111 cm³/mol. The van der Waals surface area contributed by atoms with Gasteiger partial charge in [0.25, 0.3) is 5.91 Å². The number of nitrogens with one attached hydrogen (secondary N) is 2. The van der Waals surface area contributed by atoms with Crippen LogP contribution in [0.3, 0.4) is 0 Å². The molecule has 2 unspecified atom stereocenters. The molecule has 0 bridgehead atoms. The Balaban J connectivity index is 1.65. The fourth-order valence-corrected chi connectivity index (χ4v) is 4.90. The average Bonchev–Trinajstić information content (AvgIpc) is 2.84. The van der Waals surface area contributed by atoms with Gasteiger partial charge < -0.3 is 15.4 Å². The first-order valence-electron chi connectivity index (χ1n) is 10.3. The maximum Gasteiger partial charge on any atom is 0.338 e. The summed E-state index contributed by atoms with van der Waals surface area (Å²) in [6.45, 7) is 7.92. The number of carbonyl (C=O) groups excluding carboxylic acids is 4. The van der Waals surface area contributed by atoms with Crippen LogP contribution in [0.25, 0.3) is 0 Å². The maximum atomic E-state index is 13.1. The average molecular weight is 415 g/mol. The van der Waals surface area contributed by atoms with Crippen molar-refractivity contribution in [2.75, 3.05) is 18.5 Å². The number of hydrogen-bond acceptors (Lipinski definition) is 5. The third-order valence-corrected chi connectivity index (χ3v) is 5.61. The molecule has 1 aliphatic heterocycles. The van der Waals surface area contributed by atoms with Gasteiger partial charge in [-0.05, 0) is 61.8 Å². The Bertz CT molecular complexity index is 864. The lowest BCUT2D eigenvalue weighted by atomic mass is 9.64. The highest BCUT2D eigenvalue weighted by Crippen LogP contribution is 2.46. The van der Waals surface area contributed by atoms with Crippen molar-refractivity contribution in [3.05, 3.63) is 29.8 Å². The molecule has 2 N–H and O–H groups in total. The van der Waals surface area contributed by atoms with Crippen LogP contribution in [0.15, 0.2) is 24.3 Å². The van der Waals surface area contributed by atoms with Gasteiger partial charge in [0, 0.05) is 5.69 Å². The SMILES string of the molecule is CCOC(=O)c1ccc(NC(=O)CN2C(=O)NC3(CC(C)CC(C)(C)C3)C2=O)cc1. The molecule has 2 atom stereocenters. The van der Waals surface area contributed by atoms with Crippen LogP contribution in [0, 0.1) is 11.3 Å². The molecule has 2 aliphatic rings. The summed E-state index contributed by atoms with van der Waals surface area (Å²) < 4.78 is 4.92. The Hall–Kier alpha value is -2.90. The smallest absolute Gasteiger partial charge is 0.338 e. The molecule has 2 fully saturated rings. The fraction of sp³-hybridized carbons (Fsp3) is 0.545. The summed E-state index contributed by atoms with van der Waals surface area (Å²) in [5, 5.41) is 5.52. The molecule has 1 aromatic rings. The van der Waals surface area contributed by atoms with Gasteiger partial charge in [0.1, 0.15) is 12.1 Å². The monoisotopic (exact) mass is 415 g/mol. The standard InChI is InChI=1S/C22H29N3O5/c1-5-30-18(27)15-6-8-16(9-7-15)23-17(26)12-25-19(28)22(24-20(25)29)11-14(2)10-21(3,4)13-22/h6-9,14H,5,10-13H2,1-4H3,(H,23,26)(H,24,29). The molecule has 4 amide bonds. The van der Waals surface area contributed by atoms with Crippen molar-refractivity contribution in [2.45, 2.75) is 52.5 Å². The number of esters is 1. The second-order valence-electron chi connectivity index (χ2n) is 9.10. The summed E-state index contributed by atoms with van der Waals surface area (Å²) in [4.78, 5) is 50.8. The number of ether oxygens (including phenoxy) is 1. The molecule has 1 heterocycles. The zero-order valence-electron chi connectivity index (χ0n) is 17.9. The van der Waals surface area contributed by atoms with Crippen LogP contribution in [0.4, 0.5) is 10.5 Å². The molecule has 1 aromatic carbocycles. The lowest BCUT2D eigenvalue weighted by molar-refractivity contribution is -0.136. The van der Waals surface area contributed by atoms with E-state index in [0.29, 0.717) is 30.0 Å². The molecular weight excluding hydrogens is 386 g/mol. The zero-order valence-corrected chi connectivity index (χ0v) is 17.9. The van der Waals surface area contributed by atoms with Gasteiger partial charge in [-0.15, -0.1) is 0 Å². The van der Waals surface area contributed by atoms with Crippen LogP contribution in [0.1, 0.15) is 57.3 Å². The zero-order chi connectivity index (χ0) is 22.1. The van der Waals surface area contributed by atoms with Gasteiger partial charge in [-0.1, -0.05) is 20.8 Å². The Morgan fingerprint density at radius 1 is 1.20 bits per heavy atom. The van der Waals surface area contributed by atoms with Crippen molar-refractivity contribution < 1.29 is 23.9 Å². The van der Waals surface area contributed by atoms with E-state index in [4.69, 9.17) is 4.74 Å². The molecule has 1 spiro atoms. The molecule has 1 saturated carbocycles. The van der Waals surface area contributed by atoms with E-state index in [0.717, 1.165) is 11.3 Å². The second kappa shape index (κ2) is 8.08. The van der Waals surface area contributed by atoms with Gasteiger partial charge in [-0.2, -0.15) is 0 Å². The Kier molecular flexibility index (Phi) is 5.87. The fourth-order valence-electron chi connectivity index (χ4n) is 4.90. The lowest BCUT2D eigenvalue weighted by Gasteiger charge is -2.43. The van der Waals surface area contributed by atoms with Gasteiger partial charge in [0.2, 0.25) is 5.91 Å². The summed E-state index contributed by atoms with van der Waals surface area (Å²) in [5.74, 6) is -0.961. The van der Waals surface area contributed by atoms with E-state index in [1.807, 2.05) is 0 Å². The van der Waals surface area contributed by atoms with Crippen LogP contribution in [0.5, 0.6) is 0 Å². The minimum atomic E-state index is -0.931. The van der Waals surface area contributed by atoms with Crippen molar-refractivity contribution in [1.82, 2.24) is 10.2 Å². The number of hydrogen-bond donors (Lipinski definition) is 2. The second-order valence-corrected chi connectivity index (χ2v) is 9.10. The third kappa shape index (κ3) is 4.47. The summed E-state index contributed by atoms with van der Waals surface area (Å²) in [5.41, 5.74) is -0.165. The number of benzene rings is 1. The predicted octanol–water partition coefficient (Wildman–Crippen LogP) is 2.94. The highest BCUT2D eigenvalue weighted by molar-refractivity contribution is 6.10. The number of carbonyl (C=O) groups is 4. The number of urea groups is 1. The normalized spacial score (nSPS) is 25.2. The van der Waals surface area contributed by atoms with E-state index in [2.05, 4.69) is 31.4 Å². The van der Waals surface area contributed by atoms with Crippen molar-refractivity contribution in [1.29, 1.82) is 0 Å². The Morgan fingerprint density at radius 2 is 1.87 bits per heavy atom. The summed E-state index contributed by atoms with van der Waals surface area (Å²) in [6, 6.07) is 5.70. The molecule has 1 saturated heterocycles. The first-order chi connectivity index (χ1) is 14.0. The number of anilines is 1. The topological polar surface area (TPSA) is 105 Å². The molecule has 30 heavy (non-hydrogen) atoms. The number of amides is 4. The van der Waals surface area contributed by atoms with Gasteiger partial charge in [0.05, 0.1) is 12.2 Å². The summed E-state index contributed by atoms with van der Waals surface area (Å²) in [7, 11) is 0. The van der Waals surface area contributed by atoms with Crippen LogP contribution in [-0.4, -0.2) is 47.4 Å². The van der Waals surface area contributed by atoms with Crippen molar-refractivity contribution in [2.24, 2.45) is 11.3 Å². The quantitative estimate of drug-likeness (QED) is 0.568. The first kappa shape index (κ1) is 21.8. The van der Waals surface area contributed by atoms with Gasteiger partial charge >= 0.3 is 12.0 Å². The van der Waals surface area contributed by atoms with Crippen LogP contribution >= 0.6 is 0 Å². The number of imide groups is 1. The summed E-state index contributed by atoms with van der Waals surface area (Å²) in [6.07, 6.45) is 2.12. The molecular formula is C22H29N3O5. The first-order valence-corrected chi connectivity index (χ1v) is 10.3. The third-order valence-electron chi connectivity index (χ3n) is 5.61. The largest absolute Gasteiger partial charge is 0.462 e. The van der Waals surface area contributed by atoms with Gasteiger partial charge in [-0.3, -0.25) is 14.5 Å². The maximum absolute atomic E-state index is 13.1. The van der Waals surface area contributed by atoms with Crippen molar-refractivity contribution >= 4 is 29.5 Å². The molecule has 162 valence electrons. The van der Waals surface area contributed by atoms with Crippen LogP contribution < -0.4 is 10.6 Å². The highest BCUT2D eigenvalue weighted by Gasteiger charge is 2.56. The molecule has 1 aliphatic carbocycles. The van der Waals surface area contributed by atoms with Crippen LogP contribution in [-0.2, 0) is 14.3 Å². The number of rotatable bonds is 5. The van der Waals surface area contributed by atoms with Crippen molar-refractivity contribution in [3.8, 4) is 0 Å². The van der Waals surface area contributed by atoms with Gasteiger partial charge in [0.15, 0.2) is 0 Å². The molecule has 0 radical (unpaired) electrons. The molecule has 8 nitrogen and oxygen atoms in total. The minimum Gasteiger partial charge on any atom is -0.462 e. The van der Waals surface area contributed by atoms with E-state index >= 15 is 0 Å². The minimum absolute atomic E-state index is 0.0699. The van der Waals surface area contributed by atoms with Gasteiger partial charge in [-0.25, -0.2) is 9.59 Å². The molecule has 3 rings (SSSR count). The van der Waals surface area contributed by atoms with E-state index in [9.17, 15) is 19.2 Å². The van der Waals surface area contributed by atoms with Crippen LogP contribution in [0.2, 0.25) is 0 Å². The Labute approximate surface area is 176 Å². The Morgan fingerprint density at radius 3 is 2.47 bits per heavy atom. The summed E-state index contributed by atoms with van der Waals surface area (Å²) >= 11 is 0. The van der Waals surface area contributed by atoms with E-state index < -0.39 is 23.4 Å². The van der Waals surface area contributed by atoms with E-state index in [1.165, 1.54) is 0 Å². The van der Waals surface area contributed by atoms with Crippen molar-refractivity contribution in [3.63, 3.8) is 0 Å². The molecule has 8 heteroatoms. The lowest BCUT2D eigenvalue weighted by Crippen LogP contribution is -2.54.